The Hall–Kier alpha value is -3.54. The van der Waals surface area contributed by atoms with Gasteiger partial charge in [-0.05, 0) is 32.9 Å². The van der Waals surface area contributed by atoms with Gasteiger partial charge in [0.05, 0.1) is 17.1 Å². The Balaban J connectivity index is 1.46. The third kappa shape index (κ3) is 3.68. The van der Waals surface area contributed by atoms with Gasteiger partial charge in [-0.15, -0.1) is 10.2 Å². The first-order valence-corrected chi connectivity index (χ1v) is 9.93. The molecule has 0 bridgehead atoms. The van der Waals surface area contributed by atoms with Gasteiger partial charge in [0.15, 0.2) is 17.3 Å². The van der Waals surface area contributed by atoms with Crippen molar-refractivity contribution in [3.8, 4) is 17.4 Å². The summed E-state index contributed by atoms with van der Waals surface area (Å²) in [7, 11) is 0. The van der Waals surface area contributed by atoms with Crippen molar-refractivity contribution in [2.45, 2.75) is 25.9 Å². The van der Waals surface area contributed by atoms with Crippen molar-refractivity contribution in [2.75, 3.05) is 23.7 Å². The number of nitrogens with one attached hydrogen (secondary N) is 1. The number of benzene rings is 1. The number of carbonyl (C=O) groups excluding carboxylic acids is 2. The van der Waals surface area contributed by atoms with E-state index < -0.39 is 0 Å². The summed E-state index contributed by atoms with van der Waals surface area (Å²) >= 11 is 1.11. The minimum atomic E-state index is -0.336. The average molecular weight is 429 g/mol. The van der Waals surface area contributed by atoms with Crippen molar-refractivity contribution in [3.05, 3.63) is 35.2 Å². The van der Waals surface area contributed by atoms with Gasteiger partial charge in [0.2, 0.25) is 17.9 Å². The highest BCUT2D eigenvalue weighted by Gasteiger charge is 2.21. The van der Waals surface area contributed by atoms with E-state index in [9.17, 15) is 9.59 Å². The molecule has 1 aromatic carbocycles. The van der Waals surface area contributed by atoms with Crippen LogP contribution < -0.4 is 20.6 Å². The second kappa shape index (κ2) is 7.71. The molecule has 3 aromatic rings. The zero-order valence-electron chi connectivity index (χ0n) is 16.5. The van der Waals surface area contributed by atoms with E-state index in [2.05, 4.69) is 20.6 Å². The van der Waals surface area contributed by atoms with E-state index in [0.717, 1.165) is 23.1 Å². The molecule has 1 aliphatic rings. The third-order valence-corrected chi connectivity index (χ3v) is 5.29. The van der Waals surface area contributed by atoms with Crippen molar-refractivity contribution >= 4 is 29.1 Å². The lowest BCUT2D eigenvalue weighted by Gasteiger charge is -2.10. The Morgan fingerprint density at radius 3 is 2.60 bits per heavy atom. The number of rotatable bonds is 6. The van der Waals surface area contributed by atoms with Crippen LogP contribution >= 0.6 is 11.8 Å². The molecule has 0 aliphatic carbocycles. The monoisotopic (exact) mass is 429 g/mol. The number of aromatic nitrogens is 5. The highest BCUT2D eigenvalue weighted by molar-refractivity contribution is 7.99. The molecule has 0 radical (unpaired) electrons. The first-order valence-electron chi connectivity index (χ1n) is 8.95. The molecule has 2 aromatic heterocycles. The van der Waals surface area contributed by atoms with E-state index in [1.807, 2.05) is 19.9 Å². The van der Waals surface area contributed by atoms with Crippen LogP contribution in [-0.2, 0) is 4.79 Å². The largest absolute Gasteiger partial charge is 0.454 e. The van der Waals surface area contributed by atoms with Crippen LogP contribution in [0.25, 0.3) is 5.95 Å². The third-order valence-electron chi connectivity index (χ3n) is 4.34. The van der Waals surface area contributed by atoms with Gasteiger partial charge in [0, 0.05) is 17.3 Å². The lowest BCUT2D eigenvalue weighted by atomic mass is 10.1. The van der Waals surface area contributed by atoms with Gasteiger partial charge in [-0.25, -0.2) is 9.36 Å². The number of amides is 1. The highest BCUT2D eigenvalue weighted by atomic mass is 32.2. The van der Waals surface area contributed by atoms with Crippen molar-refractivity contribution in [1.82, 2.24) is 24.7 Å². The fourth-order valence-corrected chi connectivity index (χ4v) is 3.65. The molecule has 1 aliphatic heterocycles. The van der Waals surface area contributed by atoms with E-state index in [0.29, 0.717) is 33.9 Å². The summed E-state index contributed by atoms with van der Waals surface area (Å²) in [6.07, 6.45) is 0. The smallest absolute Gasteiger partial charge is 0.271 e. The minimum absolute atomic E-state index is 0.0121. The Labute approximate surface area is 175 Å². The SMILES string of the molecule is CC(=O)c1cc2c(cc1NC(=O)CSc1nnc(-n3nc(C)cc3C)n1N)OCO2. The molecule has 0 atom stereocenters. The summed E-state index contributed by atoms with van der Waals surface area (Å²) in [6, 6.07) is 5.03. The molecule has 0 saturated heterocycles. The normalized spacial score (nSPS) is 12.2. The van der Waals surface area contributed by atoms with E-state index >= 15 is 0 Å². The summed E-state index contributed by atoms with van der Waals surface area (Å²) in [5.74, 6) is 6.85. The fourth-order valence-electron chi connectivity index (χ4n) is 3.00. The molecule has 0 saturated carbocycles. The maximum Gasteiger partial charge on any atom is 0.271 e. The van der Waals surface area contributed by atoms with E-state index in [-0.39, 0.29) is 24.2 Å². The van der Waals surface area contributed by atoms with Gasteiger partial charge >= 0.3 is 0 Å². The molecule has 156 valence electrons. The Morgan fingerprint density at radius 1 is 1.20 bits per heavy atom. The molecular formula is C18H19N7O4S. The zero-order valence-corrected chi connectivity index (χ0v) is 17.3. The number of fused-ring (bicyclic) bond motifs is 1. The first kappa shape index (κ1) is 19.8. The van der Waals surface area contributed by atoms with E-state index in [1.54, 1.807) is 16.8 Å². The van der Waals surface area contributed by atoms with Crippen LogP contribution in [-0.4, -0.2) is 48.9 Å². The second-order valence-electron chi connectivity index (χ2n) is 6.64. The van der Waals surface area contributed by atoms with Crippen molar-refractivity contribution in [3.63, 3.8) is 0 Å². The first-order chi connectivity index (χ1) is 14.3. The van der Waals surface area contributed by atoms with E-state index in [1.165, 1.54) is 11.6 Å². The Bertz CT molecular complexity index is 1150. The number of ether oxygens (including phenoxy) is 2. The van der Waals surface area contributed by atoms with Gasteiger partial charge in [0.1, 0.15) is 0 Å². The predicted molar refractivity (Wildman–Crippen MR) is 109 cm³/mol. The van der Waals surface area contributed by atoms with Crippen LogP contribution in [0, 0.1) is 13.8 Å². The number of carbonyl (C=O) groups is 2. The molecule has 0 fully saturated rings. The summed E-state index contributed by atoms with van der Waals surface area (Å²) in [6.45, 7) is 5.24. The number of anilines is 1. The molecular weight excluding hydrogens is 410 g/mol. The number of thioether (sulfide) groups is 1. The average Bonchev–Trinajstić information content (AvgIpc) is 3.37. The topological polar surface area (TPSA) is 139 Å². The molecule has 0 unspecified atom stereocenters. The van der Waals surface area contributed by atoms with Crippen LogP contribution in [0.15, 0.2) is 23.4 Å². The molecule has 30 heavy (non-hydrogen) atoms. The lowest BCUT2D eigenvalue weighted by Crippen LogP contribution is -2.19. The summed E-state index contributed by atoms with van der Waals surface area (Å²) < 4.78 is 13.5. The quantitative estimate of drug-likeness (QED) is 0.338. The van der Waals surface area contributed by atoms with Gasteiger partial charge in [0.25, 0.3) is 5.95 Å². The highest BCUT2D eigenvalue weighted by Crippen LogP contribution is 2.37. The van der Waals surface area contributed by atoms with Crippen LogP contribution in [0.5, 0.6) is 11.5 Å². The van der Waals surface area contributed by atoms with Gasteiger partial charge in [-0.1, -0.05) is 11.8 Å². The maximum atomic E-state index is 12.5. The minimum Gasteiger partial charge on any atom is -0.454 e. The molecule has 11 nitrogen and oxygen atoms in total. The lowest BCUT2D eigenvalue weighted by molar-refractivity contribution is -0.113. The maximum absolute atomic E-state index is 12.5. The number of aryl methyl sites for hydroxylation is 2. The molecule has 3 heterocycles. The van der Waals surface area contributed by atoms with Gasteiger partial charge in [-0.2, -0.15) is 5.10 Å². The number of hydrogen-bond acceptors (Lipinski definition) is 9. The van der Waals surface area contributed by atoms with Gasteiger partial charge < -0.3 is 20.6 Å². The number of hydrogen-bond donors (Lipinski definition) is 2. The number of nitrogens with two attached hydrogens (primary N) is 1. The second-order valence-corrected chi connectivity index (χ2v) is 7.58. The number of nitrogen functional groups attached to an aromatic ring is 1. The fraction of sp³-hybridized carbons (Fsp3) is 0.278. The van der Waals surface area contributed by atoms with Gasteiger partial charge in [-0.3, -0.25) is 9.59 Å². The van der Waals surface area contributed by atoms with Crippen LogP contribution in [0.2, 0.25) is 0 Å². The molecule has 12 heteroatoms. The Morgan fingerprint density at radius 2 is 1.93 bits per heavy atom. The standard InChI is InChI=1S/C18H19N7O4S/c1-9-4-10(2)25(23-9)17-21-22-18(24(17)19)30-7-16(27)20-13-6-15-14(28-8-29-15)5-12(13)11(3)26/h4-6H,7-8,19H2,1-3H3,(H,20,27). The van der Waals surface area contributed by atoms with Crippen molar-refractivity contribution < 1.29 is 19.1 Å². The number of nitrogens with zero attached hydrogens (tertiary/aromatic N) is 5. The van der Waals surface area contributed by atoms with E-state index in [4.69, 9.17) is 15.3 Å². The predicted octanol–water partition coefficient (Wildman–Crippen LogP) is 1.46. The molecule has 1 amide bonds. The summed E-state index contributed by atoms with van der Waals surface area (Å²) in [5.41, 5.74) is 2.39. The van der Waals surface area contributed by atoms with Crippen LogP contribution in [0.1, 0.15) is 28.7 Å². The summed E-state index contributed by atoms with van der Waals surface area (Å²) in [5, 5.41) is 15.5. The molecule has 3 N–H and O–H groups in total. The summed E-state index contributed by atoms with van der Waals surface area (Å²) in [4.78, 5) is 24.4. The number of ketones is 1. The van der Waals surface area contributed by atoms with Crippen LogP contribution in [0.3, 0.4) is 0 Å². The van der Waals surface area contributed by atoms with Crippen molar-refractivity contribution in [1.29, 1.82) is 0 Å². The Kier molecular flexibility index (Phi) is 5.08. The molecule has 4 rings (SSSR count). The number of Topliss-reactive ketones (excluding diaryl/α,β-unsaturated/α-hetero) is 1. The van der Waals surface area contributed by atoms with Crippen LogP contribution in [0.4, 0.5) is 5.69 Å². The zero-order chi connectivity index (χ0) is 21.4. The molecule has 0 spiro atoms. The van der Waals surface area contributed by atoms with Crippen molar-refractivity contribution in [2.24, 2.45) is 0 Å².